The summed E-state index contributed by atoms with van der Waals surface area (Å²) in [7, 11) is 0. The Bertz CT molecular complexity index is 392. The molecule has 80 valence electrons. The molecule has 0 bridgehead atoms. The number of benzene rings is 1. The standard InChI is InChI=1S/C10H10ClNO3/c11-10(12-13)7-2-3-8-9(6-7)15-5-1-4-14-8/h2-3,6,13H,1,4-5H2/b12-10+. The van der Waals surface area contributed by atoms with Crippen LogP contribution in [0.25, 0.3) is 0 Å². The maximum atomic E-state index is 8.53. The van der Waals surface area contributed by atoms with Gasteiger partial charge in [0, 0.05) is 12.0 Å². The van der Waals surface area contributed by atoms with E-state index in [-0.39, 0.29) is 5.17 Å². The smallest absolute Gasteiger partial charge is 0.175 e. The van der Waals surface area contributed by atoms with Crippen LogP contribution in [0.2, 0.25) is 0 Å². The summed E-state index contributed by atoms with van der Waals surface area (Å²) in [6, 6.07) is 5.17. The van der Waals surface area contributed by atoms with Crippen molar-refractivity contribution < 1.29 is 14.7 Å². The average Bonchev–Trinajstić information content (AvgIpc) is 2.51. The van der Waals surface area contributed by atoms with Crippen molar-refractivity contribution >= 4 is 16.8 Å². The molecule has 1 N–H and O–H groups in total. The summed E-state index contributed by atoms with van der Waals surface area (Å²) >= 11 is 5.68. The summed E-state index contributed by atoms with van der Waals surface area (Å²) in [6.07, 6.45) is 0.853. The van der Waals surface area contributed by atoms with Crippen LogP contribution in [0, 0.1) is 0 Å². The van der Waals surface area contributed by atoms with Crippen molar-refractivity contribution in [3.8, 4) is 11.5 Å². The fourth-order valence-corrected chi connectivity index (χ4v) is 1.47. The maximum absolute atomic E-state index is 8.53. The normalized spacial score (nSPS) is 15.9. The highest BCUT2D eigenvalue weighted by atomic mass is 35.5. The van der Waals surface area contributed by atoms with Crippen LogP contribution in [0.15, 0.2) is 23.4 Å². The number of nitrogens with zero attached hydrogens (tertiary/aromatic N) is 1. The van der Waals surface area contributed by atoms with Crippen LogP contribution in [-0.2, 0) is 0 Å². The van der Waals surface area contributed by atoms with Gasteiger partial charge in [0.25, 0.3) is 0 Å². The lowest BCUT2D eigenvalue weighted by Gasteiger charge is -2.07. The Labute approximate surface area is 92.1 Å². The van der Waals surface area contributed by atoms with E-state index in [1.54, 1.807) is 18.2 Å². The van der Waals surface area contributed by atoms with Crippen LogP contribution in [0.5, 0.6) is 11.5 Å². The molecule has 0 unspecified atom stereocenters. The lowest BCUT2D eigenvalue weighted by atomic mass is 10.2. The van der Waals surface area contributed by atoms with E-state index in [4.69, 9.17) is 26.3 Å². The molecule has 2 rings (SSSR count). The molecule has 0 aliphatic carbocycles. The topological polar surface area (TPSA) is 51.1 Å². The third-order valence-electron chi connectivity index (χ3n) is 2.07. The monoisotopic (exact) mass is 227 g/mol. The van der Waals surface area contributed by atoms with Crippen LogP contribution in [0.3, 0.4) is 0 Å². The van der Waals surface area contributed by atoms with Crippen molar-refractivity contribution in [2.45, 2.75) is 6.42 Å². The summed E-state index contributed by atoms with van der Waals surface area (Å²) in [6.45, 7) is 1.26. The van der Waals surface area contributed by atoms with Crippen molar-refractivity contribution in [1.29, 1.82) is 0 Å². The van der Waals surface area contributed by atoms with Gasteiger partial charge < -0.3 is 14.7 Å². The van der Waals surface area contributed by atoms with Gasteiger partial charge >= 0.3 is 0 Å². The van der Waals surface area contributed by atoms with Crippen molar-refractivity contribution in [2.75, 3.05) is 13.2 Å². The number of oxime groups is 1. The molecule has 0 saturated heterocycles. The summed E-state index contributed by atoms with van der Waals surface area (Å²) < 4.78 is 10.9. The van der Waals surface area contributed by atoms with Crippen LogP contribution in [-0.4, -0.2) is 23.6 Å². The number of halogens is 1. The fraction of sp³-hybridized carbons (Fsp3) is 0.300. The SMILES string of the molecule is O/N=C(/Cl)c1ccc2c(c1)OCCCO2. The first-order valence-electron chi connectivity index (χ1n) is 4.59. The van der Waals surface area contributed by atoms with E-state index in [0.29, 0.717) is 30.3 Å². The molecule has 0 atom stereocenters. The van der Waals surface area contributed by atoms with Gasteiger partial charge in [-0.25, -0.2) is 0 Å². The van der Waals surface area contributed by atoms with E-state index in [1.807, 2.05) is 0 Å². The van der Waals surface area contributed by atoms with Gasteiger partial charge in [0.05, 0.1) is 13.2 Å². The lowest BCUT2D eigenvalue weighted by Crippen LogP contribution is -1.97. The number of hydrogen-bond donors (Lipinski definition) is 1. The van der Waals surface area contributed by atoms with Gasteiger partial charge in [-0.15, -0.1) is 0 Å². The van der Waals surface area contributed by atoms with Gasteiger partial charge in [-0.2, -0.15) is 0 Å². The maximum Gasteiger partial charge on any atom is 0.175 e. The number of hydrogen-bond acceptors (Lipinski definition) is 4. The highest BCUT2D eigenvalue weighted by molar-refractivity contribution is 6.69. The van der Waals surface area contributed by atoms with Crippen molar-refractivity contribution in [3.63, 3.8) is 0 Å². The van der Waals surface area contributed by atoms with Gasteiger partial charge in [-0.3, -0.25) is 0 Å². The van der Waals surface area contributed by atoms with E-state index >= 15 is 0 Å². The molecule has 1 heterocycles. The summed E-state index contributed by atoms with van der Waals surface area (Å²) in [5, 5.41) is 11.5. The van der Waals surface area contributed by atoms with Gasteiger partial charge in [0.15, 0.2) is 16.7 Å². The summed E-state index contributed by atoms with van der Waals surface area (Å²) in [5.41, 5.74) is 0.600. The van der Waals surface area contributed by atoms with Gasteiger partial charge in [0.2, 0.25) is 0 Å². The Kier molecular flexibility index (Phi) is 2.97. The molecule has 15 heavy (non-hydrogen) atoms. The molecule has 0 spiro atoms. The Morgan fingerprint density at radius 1 is 1.27 bits per heavy atom. The van der Waals surface area contributed by atoms with Crippen LogP contribution in [0.1, 0.15) is 12.0 Å². The first kappa shape index (κ1) is 10.1. The zero-order valence-corrected chi connectivity index (χ0v) is 8.70. The Balaban J connectivity index is 2.36. The second-order valence-electron chi connectivity index (χ2n) is 3.10. The number of fused-ring (bicyclic) bond motifs is 1. The first-order valence-corrected chi connectivity index (χ1v) is 4.96. The van der Waals surface area contributed by atoms with E-state index in [0.717, 1.165) is 6.42 Å². The summed E-state index contributed by atoms with van der Waals surface area (Å²) in [5.74, 6) is 1.32. The predicted molar refractivity (Wildman–Crippen MR) is 56.2 cm³/mol. The Hall–Kier alpha value is -1.42. The molecule has 0 amide bonds. The third-order valence-corrected chi connectivity index (χ3v) is 2.37. The Morgan fingerprint density at radius 2 is 2.00 bits per heavy atom. The second kappa shape index (κ2) is 4.40. The minimum atomic E-state index is 0.0330. The number of ether oxygens (including phenoxy) is 2. The molecule has 0 fully saturated rings. The molecular weight excluding hydrogens is 218 g/mol. The highest BCUT2D eigenvalue weighted by Crippen LogP contribution is 2.30. The van der Waals surface area contributed by atoms with E-state index in [2.05, 4.69) is 5.16 Å². The molecule has 1 aromatic rings. The van der Waals surface area contributed by atoms with Crippen molar-refractivity contribution in [1.82, 2.24) is 0 Å². The molecular formula is C10H10ClNO3. The van der Waals surface area contributed by atoms with Crippen LogP contribution < -0.4 is 9.47 Å². The Morgan fingerprint density at radius 3 is 2.73 bits per heavy atom. The van der Waals surface area contributed by atoms with E-state index < -0.39 is 0 Å². The van der Waals surface area contributed by atoms with Crippen LogP contribution >= 0.6 is 11.6 Å². The molecule has 5 heteroatoms. The first-order chi connectivity index (χ1) is 7.31. The van der Waals surface area contributed by atoms with Gasteiger partial charge in [0.1, 0.15) is 0 Å². The minimum absolute atomic E-state index is 0.0330. The molecule has 4 nitrogen and oxygen atoms in total. The zero-order valence-electron chi connectivity index (χ0n) is 7.94. The quantitative estimate of drug-likeness (QED) is 0.455. The second-order valence-corrected chi connectivity index (χ2v) is 3.46. The van der Waals surface area contributed by atoms with E-state index in [1.165, 1.54) is 0 Å². The zero-order chi connectivity index (χ0) is 10.7. The lowest BCUT2D eigenvalue weighted by molar-refractivity contribution is 0.297. The molecule has 1 aliphatic heterocycles. The molecule has 0 aromatic heterocycles. The predicted octanol–water partition coefficient (Wildman–Crippen LogP) is 2.22. The van der Waals surface area contributed by atoms with Crippen molar-refractivity contribution in [3.05, 3.63) is 23.8 Å². The highest BCUT2D eigenvalue weighted by Gasteiger charge is 2.12. The fourth-order valence-electron chi connectivity index (χ4n) is 1.35. The minimum Gasteiger partial charge on any atom is -0.490 e. The van der Waals surface area contributed by atoms with Crippen LogP contribution in [0.4, 0.5) is 0 Å². The third kappa shape index (κ3) is 2.15. The average molecular weight is 228 g/mol. The molecule has 1 aromatic carbocycles. The molecule has 0 saturated carbocycles. The van der Waals surface area contributed by atoms with E-state index in [9.17, 15) is 0 Å². The van der Waals surface area contributed by atoms with Gasteiger partial charge in [-0.1, -0.05) is 16.8 Å². The summed E-state index contributed by atoms with van der Waals surface area (Å²) in [4.78, 5) is 0. The van der Waals surface area contributed by atoms with Gasteiger partial charge in [-0.05, 0) is 18.2 Å². The largest absolute Gasteiger partial charge is 0.490 e. The molecule has 0 radical (unpaired) electrons. The molecule has 1 aliphatic rings. The van der Waals surface area contributed by atoms with Crippen molar-refractivity contribution in [2.24, 2.45) is 5.16 Å². The number of rotatable bonds is 1.